The van der Waals surface area contributed by atoms with E-state index in [0.717, 1.165) is 0 Å². The Balaban J connectivity index is 3.88. The molecule has 0 rings (SSSR count). The maximum absolute atomic E-state index is 11.5. The fourth-order valence-corrected chi connectivity index (χ4v) is 1.75. The Bertz CT molecular complexity index is 201. The third kappa shape index (κ3) is 6.55. The normalized spacial score (nSPS) is 12.3. The molecule has 16 heavy (non-hydrogen) atoms. The lowest BCUT2D eigenvalue weighted by Crippen LogP contribution is -2.32. The topological polar surface area (TPSA) is 88.5 Å². The Morgan fingerprint density at radius 2 is 1.56 bits per heavy atom. The van der Waals surface area contributed by atoms with Crippen molar-refractivity contribution in [2.45, 2.75) is 0 Å². The second-order valence-electron chi connectivity index (χ2n) is 2.93. The highest BCUT2D eigenvalue weighted by atomic mass is 31.2. The summed E-state index contributed by atoms with van der Waals surface area (Å²) in [6.07, 6.45) is 0. The number of phosphoric ester groups is 1. The first-order valence-electron chi connectivity index (χ1n) is 4.92. The zero-order valence-corrected chi connectivity index (χ0v) is 10.6. The fourth-order valence-electron chi connectivity index (χ4n) is 1.08. The van der Waals surface area contributed by atoms with Crippen LogP contribution >= 0.6 is 7.82 Å². The van der Waals surface area contributed by atoms with Crippen molar-refractivity contribution in [2.24, 2.45) is 0 Å². The number of aliphatic hydroxyl groups excluding tert-OH is 2. The summed E-state index contributed by atoms with van der Waals surface area (Å²) in [4.78, 5) is 1.77. The molecular formula is C8H20NO6P. The molecule has 0 amide bonds. The van der Waals surface area contributed by atoms with Gasteiger partial charge >= 0.3 is 7.82 Å². The van der Waals surface area contributed by atoms with E-state index in [0.29, 0.717) is 19.6 Å². The maximum atomic E-state index is 11.5. The summed E-state index contributed by atoms with van der Waals surface area (Å²) < 4.78 is 25.6. The summed E-state index contributed by atoms with van der Waals surface area (Å²) in [5.41, 5.74) is 0. The van der Waals surface area contributed by atoms with E-state index >= 15 is 0 Å². The third-order valence-corrected chi connectivity index (χ3v) is 3.33. The molecule has 0 heterocycles. The average molecular weight is 257 g/mol. The first kappa shape index (κ1) is 16.0. The molecule has 0 fully saturated rings. The van der Waals surface area contributed by atoms with Crippen molar-refractivity contribution in [1.29, 1.82) is 0 Å². The summed E-state index contributed by atoms with van der Waals surface area (Å²) in [5.74, 6) is 0. The minimum atomic E-state index is -3.43. The van der Waals surface area contributed by atoms with Crippen molar-refractivity contribution < 1.29 is 28.3 Å². The molecule has 0 atom stereocenters. The zero-order valence-electron chi connectivity index (χ0n) is 9.66. The Kier molecular flexibility index (Phi) is 9.06. The van der Waals surface area contributed by atoms with Crippen LogP contribution in [0.5, 0.6) is 0 Å². The lowest BCUT2D eigenvalue weighted by Gasteiger charge is -2.21. The van der Waals surface area contributed by atoms with Gasteiger partial charge in [-0.15, -0.1) is 0 Å². The standard InChI is InChI=1S/C8H20NO6P/c1-13-16(12,14-2)15-8-5-9(3-6-10)4-7-11/h10-11H,3-8H2,1-2H3. The van der Waals surface area contributed by atoms with Crippen molar-refractivity contribution in [3.05, 3.63) is 0 Å². The van der Waals surface area contributed by atoms with Gasteiger partial charge < -0.3 is 10.2 Å². The number of aliphatic hydroxyl groups is 2. The quantitative estimate of drug-likeness (QED) is 0.519. The predicted molar refractivity (Wildman–Crippen MR) is 58.2 cm³/mol. The molecule has 0 bridgehead atoms. The minimum Gasteiger partial charge on any atom is -0.395 e. The highest BCUT2D eigenvalue weighted by Gasteiger charge is 2.22. The van der Waals surface area contributed by atoms with Crippen molar-refractivity contribution in [3.63, 3.8) is 0 Å². The first-order valence-corrected chi connectivity index (χ1v) is 6.38. The SMILES string of the molecule is COP(=O)(OC)OCCN(CCO)CCO. The van der Waals surface area contributed by atoms with Crippen LogP contribution in [0.3, 0.4) is 0 Å². The van der Waals surface area contributed by atoms with Crippen LogP contribution in [0.15, 0.2) is 0 Å². The Morgan fingerprint density at radius 1 is 1.06 bits per heavy atom. The highest BCUT2D eigenvalue weighted by molar-refractivity contribution is 7.48. The van der Waals surface area contributed by atoms with Gasteiger partial charge in [-0.25, -0.2) is 4.57 Å². The van der Waals surface area contributed by atoms with Crippen LogP contribution in [-0.2, 0) is 18.1 Å². The molecular weight excluding hydrogens is 237 g/mol. The average Bonchev–Trinajstić information content (AvgIpc) is 2.29. The van der Waals surface area contributed by atoms with Gasteiger partial charge in [0, 0.05) is 33.9 Å². The maximum Gasteiger partial charge on any atom is 0.474 e. The second-order valence-corrected chi connectivity index (χ2v) is 4.82. The van der Waals surface area contributed by atoms with Gasteiger partial charge in [0.25, 0.3) is 0 Å². The van der Waals surface area contributed by atoms with Gasteiger partial charge in [0.05, 0.1) is 19.8 Å². The van der Waals surface area contributed by atoms with Crippen LogP contribution in [0.25, 0.3) is 0 Å². The lowest BCUT2D eigenvalue weighted by molar-refractivity contribution is 0.113. The molecule has 7 nitrogen and oxygen atoms in total. The zero-order chi connectivity index (χ0) is 12.4. The molecule has 0 aliphatic rings. The van der Waals surface area contributed by atoms with E-state index in [9.17, 15) is 4.57 Å². The molecule has 2 N–H and O–H groups in total. The molecule has 0 aromatic heterocycles. The summed E-state index contributed by atoms with van der Waals surface area (Å²) >= 11 is 0. The molecule has 0 aromatic rings. The van der Waals surface area contributed by atoms with E-state index in [4.69, 9.17) is 14.7 Å². The molecule has 0 aromatic carbocycles. The van der Waals surface area contributed by atoms with Crippen molar-refractivity contribution >= 4 is 7.82 Å². The Hall–Kier alpha value is -0.0100. The minimum absolute atomic E-state index is 0.00772. The van der Waals surface area contributed by atoms with Gasteiger partial charge in [-0.05, 0) is 0 Å². The number of hydrogen-bond acceptors (Lipinski definition) is 7. The van der Waals surface area contributed by atoms with Gasteiger partial charge in [0.1, 0.15) is 0 Å². The molecule has 0 unspecified atom stereocenters. The van der Waals surface area contributed by atoms with Crippen LogP contribution < -0.4 is 0 Å². The number of phosphoric acid groups is 1. The Labute approximate surface area is 95.5 Å². The van der Waals surface area contributed by atoms with Gasteiger partial charge in [-0.2, -0.15) is 0 Å². The van der Waals surface area contributed by atoms with Gasteiger partial charge in [-0.3, -0.25) is 18.5 Å². The molecule has 0 saturated carbocycles. The number of nitrogens with zero attached hydrogens (tertiary/aromatic N) is 1. The van der Waals surface area contributed by atoms with E-state index < -0.39 is 7.82 Å². The van der Waals surface area contributed by atoms with Crippen LogP contribution in [0, 0.1) is 0 Å². The van der Waals surface area contributed by atoms with Gasteiger partial charge in [-0.1, -0.05) is 0 Å². The third-order valence-electron chi connectivity index (χ3n) is 1.94. The van der Waals surface area contributed by atoms with Gasteiger partial charge in [0.15, 0.2) is 0 Å². The summed E-state index contributed by atoms with van der Waals surface area (Å²) in [7, 11) is -0.948. The van der Waals surface area contributed by atoms with Crippen LogP contribution in [0.4, 0.5) is 0 Å². The van der Waals surface area contributed by atoms with Crippen LogP contribution in [0.1, 0.15) is 0 Å². The second kappa shape index (κ2) is 9.07. The van der Waals surface area contributed by atoms with E-state index in [-0.39, 0.29) is 19.8 Å². The van der Waals surface area contributed by atoms with Crippen molar-refractivity contribution in [3.8, 4) is 0 Å². The monoisotopic (exact) mass is 257 g/mol. The number of rotatable bonds is 10. The van der Waals surface area contributed by atoms with Crippen LogP contribution in [-0.4, -0.2) is 68.8 Å². The van der Waals surface area contributed by atoms with E-state index in [1.165, 1.54) is 14.2 Å². The molecule has 0 radical (unpaired) electrons. The number of hydrogen-bond donors (Lipinski definition) is 2. The van der Waals surface area contributed by atoms with E-state index in [1.807, 2.05) is 0 Å². The summed E-state index contributed by atoms with van der Waals surface area (Å²) in [5, 5.41) is 17.5. The van der Waals surface area contributed by atoms with Crippen molar-refractivity contribution in [2.75, 3.05) is 53.7 Å². The highest BCUT2D eigenvalue weighted by Crippen LogP contribution is 2.47. The predicted octanol–water partition coefficient (Wildman–Crippen LogP) is -0.309. The molecule has 0 saturated heterocycles. The lowest BCUT2D eigenvalue weighted by atomic mass is 10.4. The first-order chi connectivity index (χ1) is 7.61. The summed E-state index contributed by atoms with van der Waals surface area (Å²) in [6, 6.07) is 0. The fraction of sp³-hybridized carbons (Fsp3) is 1.00. The summed E-state index contributed by atoms with van der Waals surface area (Å²) in [6.45, 7) is 1.40. The van der Waals surface area contributed by atoms with E-state index in [1.54, 1.807) is 4.90 Å². The molecule has 8 heteroatoms. The molecule has 98 valence electrons. The van der Waals surface area contributed by atoms with E-state index in [2.05, 4.69) is 9.05 Å². The smallest absolute Gasteiger partial charge is 0.395 e. The Morgan fingerprint density at radius 3 is 1.94 bits per heavy atom. The molecule has 0 aliphatic carbocycles. The van der Waals surface area contributed by atoms with Gasteiger partial charge in [0.2, 0.25) is 0 Å². The van der Waals surface area contributed by atoms with Crippen molar-refractivity contribution in [1.82, 2.24) is 4.90 Å². The molecule has 0 spiro atoms. The molecule has 0 aliphatic heterocycles. The largest absolute Gasteiger partial charge is 0.474 e. The van der Waals surface area contributed by atoms with Crippen LogP contribution in [0.2, 0.25) is 0 Å².